The fourth-order valence-corrected chi connectivity index (χ4v) is 10.1. The summed E-state index contributed by atoms with van der Waals surface area (Å²) in [6.45, 7) is 0. The van der Waals surface area contributed by atoms with Crippen LogP contribution in [0.2, 0.25) is 0 Å². The molecule has 0 unspecified atom stereocenters. The number of para-hydroxylation sites is 2. The van der Waals surface area contributed by atoms with Crippen LogP contribution < -0.4 is 4.90 Å². The van der Waals surface area contributed by atoms with E-state index in [4.69, 9.17) is 4.42 Å². The Hall–Kier alpha value is -8.66. The molecule has 0 saturated heterocycles. The molecular formula is C62H40N2O. The molecule has 11 aromatic carbocycles. The highest BCUT2D eigenvalue weighted by Gasteiger charge is 2.26. The Morgan fingerprint density at radius 2 is 0.923 bits per heavy atom. The molecule has 0 amide bonds. The number of anilines is 3. The third-order valence-electron chi connectivity index (χ3n) is 13.2. The molecule has 0 aliphatic rings. The number of furan rings is 1. The minimum absolute atomic E-state index is 0.861. The molecular weight excluding hydrogens is 789 g/mol. The lowest BCUT2D eigenvalue weighted by Gasteiger charge is -2.28. The van der Waals surface area contributed by atoms with Gasteiger partial charge in [-0.15, -0.1) is 0 Å². The summed E-state index contributed by atoms with van der Waals surface area (Å²) in [5, 5.41) is 9.44. The topological polar surface area (TPSA) is 21.3 Å². The zero-order chi connectivity index (χ0) is 42.8. The second kappa shape index (κ2) is 15.0. The van der Waals surface area contributed by atoms with E-state index in [9.17, 15) is 0 Å². The first-order valence-electron chi connectivity index (χ1n) is 22.2. The van der Waals surface area contributed by atoms with Crippen molar-refractivity contribution < 1.29 is 4.42 Å². The zero-order valence-corrected chi connectivity index (χ0v) is 35.4. The standard InChI is InChI=1S/C62H40N2O/c1-2-15-46(16-3-1)51-38-39-58(61-53-22-9-11-27-59(53)65-62(51)61)63(49-36-34-43(35-37-49)42-28-30-44(31-29-42)48-33-32-41-14-4-5-18-47(41)40-48)56-25-13-26-57-60(56)52-21-8-10-23-55(52)64(57)54-24-12-19-45-17-6-7-20-50(45)54/h1-40H. The molecule has 0 bridgehead atoms. The number of aromatic nitrogens is 1. The lowest BCUT2D eigenvalue weighted by molar-refractivity contribution is 0.670. The predicted octanol–water partition coefficient (Wildman–Crippen LogP) is 17.5. The second-order valence-corrected chi connectivity index (χ2v) is 16.8. The highest BCUT2D eigenvalue weighted by atomic mass is 16.3. The van der Waals surface area contributed by atoms with Crippen molar-refractivity contribution in [2.75, 3.05) is 4.90 Å². The maximum absolute atomic E-state index is 6.87. The van der Waals surface area contributed by atoms with Crippen LogP contribution in [0.5, 0.6) is 0 Å². The van der Waals surface area contributed by atoms with Crippen LogP contribution >= 0.6 is 0 Å². The lowest BCUT2D eigenvalue weighted by Crippen LogP contribution is -2.11. The van der Waals surface area contributed by atoms with Gasteiger partial charge in [0.1, 0.15) is 11.2 Å². The van der Waals surface area contributed by atoms with Crippen LogP contribution in [0.3, 0.4) is 0 Å². The van der Waals surface area contributed by atoms with Gasteiger partial charge in [-0.25, -0.2) is 0 Å². The predicted molar refractivity (Wildman–Crippen MR) is 274 cm³/mol. The summed E-state index contributed by atoms with van der Waals surface area (Å²) in [6, 6.07) is 87.7. The molecule has 0 spiro atoms. The molecule has 2 aromatic heterocycles. The Morgan fingerprint density at radius 3 is 1.74 bits per heavy atom. The first-order valence-corrected chi connectivity index (χ1v) is 22.2. The summed E-state index contributed by atoms with van der Waals surface area (Å²) in [4.78, 5) is 2.45. The number of hydrogen-bond donors (Lipinski definition) is 0. The lowest BCUT2D eigenvalue weighted by atomic mass is 9.97. The van der Waals surface area contributed by atoms with Crippen molar-refractivity contribution in [3.8, 4) is 39.1 Å². The third kappa shape index (κ3) is 6.05. The molecule has 0 saturated carbocycles. The van der Waals surface area contributed by atoms with Crippen LogP contribution in [0.4, 0.5) is 17.1 Å². The van der Waals surface area contributed by atoms with Crippen molar-refractivity contribution in [2.45, 2.75) is 0 Å². The van der Waals surface area contributed by atoms with Crippen molar-refractivity contribution in [1.82, 2.24) is 4.57 Å². The third-order valence-corrected chi connectivity index (χ3v) is 13.2. The van der Waals surface area contributed by atoms with E-state index >= 15 is 0 Å². The Balaban J connectivity index is 1.03. The fourth-order valence-electron chi connectivity index (χ4n) is 10.1. The maximum atomic E-state index is 6.87. The Morgan fingerprint density at radius 1 is 0.338 bits per heavy atom. The molecule has 304 valence electrons. The summed E-state index contributed by atoms with van der Waals surface area (Å²) in [7, 11) is 0. The monoisotopic (exact) mass is 828 g/mol. The fraction of sp³-hybridized carbons (Fsp3) is 0. The van der Waals surface area contributed by atoms with Crippen molar-refractivity contribution in [2.24, 2.45) is 0 Å². The first kappa shape index (κ1) is 36.9. The number of fused-ring (bicyclic) bond motifs is 8. The molecule has 3 nitrogen and oxygen atoms in total. The SMILES string of the molecule is c1ccc(-c2ccc(N(c3ccc(-c4ccc(-c5ccc6ccccc6c5)cc4)cc3)c3cccc4c3c3ccccc3n4-c3cccc4ccccc34)c3c2oc2ccccc23)cc1. The van der Waals surface area contributed by atoms with Gasteiger partial charge in [-0.1, -0.05) is 182 Å². The van der Waals surface area contributed by atoms with E-state index in [1.54, 1.807) is 0 Å². The Bertz CT molecular complexity index is 3930. The molecule has 0 radical (unpaired) electrons. The number of hydrogen-bond acceptors (Lipinski definition) is 2. The summed E-state index contributed by atoms with van der Waals surface area (Å²) < 4.78 is 9.32. The largest absolute Gasteiger partial charge is 0.455 e. The first-order chi connectivity index (χ1) is 32.2. The molecule has 65 heavy (non-hydrogen) atoms. The Kier molecular flexibility index (Phi) is 8.53. The summed E-state index contributed by atoms with van der Waals surface area (Å²) >= 11 is 0. The summed E-state index contributed by atoms with van der Waals surface area (Å²) in [5.41, 5.74) is 15.3. The average Bonchev–Trinajstić information content (AvgIpc) is 3.94. The quantitative estimate of drug-likeness (QED) is 0.160. The van der Waals surface area contributed by atoms with Gasteiger partial charge in [-0.3, -0.25) is 0 Å². The zero-order valence-electron chi connectivity index (χ0n) is 35.4. The normalized spacial score (nSPS) is 11.7. The molecule has 0 aliphatic carbocycles. The van der Waals surface area contributed by atoms with Crippen LogP contribution in [-0.4, -0.2) is 4.57 Å². The molecule has 0 N–H and O–H groups in total. The van der Waals surface area contributed by atoms with Gasteiger partial charge in [0.15, 0.2) is 0 Å². The molecule has 13 aromatic rings. The second-order valence-electron chi connectivity index (χ2n) is 16.8. The molecule has 0 atom stereocenters. The van der Waals surface area contributed by atoms with Gasteiger partial charge in [-0.05, 0) is 105 Å². The van der Waals surface area contributed by atoms with E-state index in [1.165, 1.54) is 49.0 Å². The highest BCUT2D eigenvalue weighted by molar-refractivity contribution is 6.21. The average molecular weight is 829 g/mol. The van der Waals surface area contributed by atoms with E-state index in [0.29, 0.717) is 0 Å². The minimum atomic E-state index is 0.861. The van der Waals surface area contributed by atoms with Gasteiger partial charge in [0.25, 0.3) is 0 Å². The van der Waals surface area contributed by atoms with Gasteiger partial charge in [0.05, 0.1) is 33.5 Å². The Labute approximate surface area is 376 Å². The van der Waals surface area contributed by atoms with E-state index in [0.717, 1.165) is 72.4 Å². The molecule has 0 fully saturated rings. The molecule has 2 heterocycles. The van der Waals surface area contributed by atoms with Crippen LogP contribution in [0, 0.1) is 0 Å². The smallest absolute Gasteiger partial charge is 0.145 e. The highest BCUT2D eigenvalue weighted by Crippen LogP contribution is 2.49. The van der Waals surface area contributed by atoms with Gasteiger partial charge >= 0.3 is 0 Å². The van der Waals surface area contributed by atoms with Crippen molar-refractivity contribution >= 4 is 82.4 Å². The van der Waals surface area contributed by atoms with Crippen LogP contribution in [0.1, 0.15) is 0 Å². The van der Waals surface area contributed by atoms with Crippen molar-refractivity contribution in [3.63, 3.8) is 0 Å². The molecule has 13 rings (SSSR count). The van der Waals surface area contributed by atoms with Gasteiger partial charge in [0.2, 0.25) is 0 Å². The minimum Gasteiger partial charge on any atom is -0.455 e. The molecule has 3 heteroatoms. The van der Waals surface area contributed by atoms with Crippen LogP contribution in [0.15, 0.2) is 247 Å². The van der Waals surface area contributed by atoms with Gasteiger partial charge in [-0.2, -0.15) is 0 Å². The molecule has 0 aliphatic heterocycles. The van der Waals surface area contributed by atoms with E-state index < -0.39 is 0 Å². The summed E-state index contributed by atoms with van der Waals surface area (Å²) in [6.07, 6.45) is 0. The van der Waals surface area contributed by atoms with Crippen LogP contribution in [-0.2, 0) is 0 Å². The van der Waals surface area contributed by atoms with Crippen molar-refractivity contribution in [1.29, 1.82) is 0 Å². The van der Waals surface area contributed by atoms with Crippen molar-refractivity contribution in [3.05, 3.63) is 243 Å². The van der Waals surface area contributed by atoms with E-state index in [1.807, 2.05) is 0 Å². The number of benzene rings is 11. The van der Waals surface area contributed by atoms with E-state index in [2.05, 4.69) is 252 Å². The van der Waals surface area contributed by atoms with Gasteiger partial charge < -0.3 is 13.9 Å². The van der Waals surface area contributed by atoms with Crippen LogP contribution in [0.25, 0.3) is 104 Å². The maximum Gasteiger partial charge on any atom is 0.145 e. The van der Waals surface area contributed by atoms with E-state index in [-0.39, 0.29) is 0 Å². The number of rotatable bonds is 7. The summed E-state index contributed by atoms with van der Waals surface area (Å²) in [5.74, 6) is 0. The van der Waals surface area contributed by atoms with Gasteiger partial charge in [0, 0.05) is 32.8 Å². The number of nitrogens with zero attached hydrogens (tertiary/aromatic N) is 2.